The van der Waals surface area contributed by atoms with Gasteiger partial charge in [0.15, 0.2) is 0 Å². The number of nitrogens with one attached hydrogen (secondary N) is 1. The summed E-state index contributed by atoms with van der Waals surface area (Å²) in [7, 11) is 0. The van der Waals surface area contributed by atoms with Crippen LogP contribution in [0.1, 0.15) is 5.56 Å². The molecule has 9 heteroatoms. The van der Waals surface area contributed by atoms with E-state index in [0.717, 1.165) is 0 Å². The number of nitro benzene ring substituents is 1. The maximum Gasteiger partial charge on any atom is 0.328 e. The van der Waals surface area contributed by atoms with Gasteiger partial charge in [0.25, 0.3) is 11.2 Å². The molecular weight excluding hydrogens is 332 g/mol. The van der Waals surface area contributed by atoms with E-state index in [9.17, 15) is 19.7 Å². The summed E-state index contributed by atoms with van der Waals surface area (Å²) < 4.78 is 1.38. The minimum absolute atomic E-state index is 0.00766. The van der Waals surface area contributed by atoms with Gasteiger partial charge in [-0.05, 0) is 15.9 Å². The van der Waals surface area contributed by atoms with Crippen molar-refractivity contribution in [1.29, 1.82) is 0 Å². The molecule has 0 aliphatic rings. The Morgan fingerprint density at radius 3 is 2.75 bits per heavy atom. The zero-order valence-corrected chi connectivity index (χ0v) is 11.6. The van der Waals surface area contributed by atoms with E-state index in [1.54, 1.807) is 6.07 Å². The Morgan fingerprint density at radius 1 is 1.40 bits per heavy atom. The minimum atomic E-state index is -0.621. The molecule has 104 valence electrons. The summed E-state index contributed by atoms with van der Waals surface area (Å²) in [6.45, 7) is 0.0156. The number of nitrogens with two attached hydrogens (primary N) is 1. The zero-order chi connectivity index (χ0) is 14.9. The SMILES string of the molecule is Nc1c(Cn2cc(Br)c(=O)[nH]c2=O)cccc1[N+](=O)[O-]. The van der Waals surface area contributed by atoms with Gasteiger partial charge < -0.3 is 5.73 Å². The molecule has 20 heavy (non-hydrogen) atoms. The molecule has 1 aromatic carbocycles. The van der Waals surface area contributed by atoms with Gasteiger partial charge in [-0.25, -0.2) is 4.79 Å². The van der Waals surface area contributed by atoms with Crippen molar-refractivity contribution < 1.29 is 4.92 Å². The number of nitrogens with zero attached hydrogens (tertiary/aromatic N) is 2. The summed E-state index contributed by atoms with van der Waals surface area (Å²) >= 11 is 3.01. The highest BCUT2D eigenvalue weighted by molar-refractivity contribution is 9.10. The number of anilines is 1. The number of rotatable bonds is 3. The van der Waals surface area contributed by atoms with Gasteiger partial charge >= 0.3 is 5.69 Å². The van der Waals surface area contributed by atoms with E-state index in [1.807, 2.05) is 0 Å². The van der Waals surface area contributed by atoms with Gasteiger partial charge in [-0.1, -0.05) is 12.1 Å². The van der Waals surface area contributed by atoms with Crippen molar-refractivity contribution in [2.24, 2.45) is 0 Å². The van der Waals surface area contributed by atoms with Crippen LogP contribution in [0.3, 0.4) is 0 Å². The quantitative estimate of drug-likeness (QED) is 0.486. The summed E-state index contributed by atoms with van der Waals surface area (Å²) in [5.74, 6) is 0. The van der Waals surface area contributed by atoms with Crippen molar-refractivity contribution in [3.8, 4) is 0 Å². The third-order valence-corrected chi connectivity index (χ3v) is 3.24. The maximum atomic E-state index is 11.6. The lowest BCUT2D eigenvalue weighted by molar-refractivity contribution is -0.383. The lowest BCUT2D eigenvalue weighted by atomic mass is 10.1. The Kier molecular flexibility index (Phi) is 3.70. The monoisotopic (exact) mass is 340 g/mol. The fraction of sp³-hybridized carbons (Fsp3) is 0.0909. The fourth-order valence-corrected chi connectivity index (χ4v) is 2.03. The Bertz CT molecular complexity index is 796. The van der Waals surface area contributed by atoms with Gasteiger partial charge in [-0.2, -0.15) is 0 Å². The van der Waals surface area contributed by atoms with Crippen molar-refractivity contribution in [2.75, 3.05) is 5.73 Å². The molecule has 0 saturated carbocycles. The van der Waals surface area contributed by atoms with Crippen LogP contribution in [0.4, 0.5) is 11.4 Å². The van der Waals surface area contributed by atoms with E-state index >= 15 is 0 Å². The molecule has 0 atom stereocenters. The second-order valence-corrected chi connectivity index (χ2v) is 4.83. The second kappa shape index (κ2) is 5.29. The van der Waals surface area contributed by atoms with Crippen molar-refractivity contribution >= 4 is 27.3 Å². The third-order valence-electron chi connectivity index (χ3n) is 2.68. The lowest BCUT2D eigenvalue weighted by Gasteiger charge is -2.08. The molecule has 0 aliphatic carbocycles. The topological polar surface area (TPSA) is 124 Å². The first-order valence-electron chi connectivity index (χ1n) is 5.41. The predicted octanol–water partition coefficient (Wildman–Crippen LogP) is 0.838. The number of halogens is 1. The van der Waals surface area contributed by atoms with Crippen LogP contribution in [0.5, 0.6) is 0 Å². The summed E-state index contributed by atoms with van der Waals surface area (Å²) in [6.07, 6.45) is 1.30. The largest absolute Gasteiger partial charge is 0.393 e. The average Bonchev–Trinajstić information content (AvgIpc) is 2.37. The van der Waals surface area contributed by atoms with E-state index in [0.29, 0.717) is 5.56 Å². The van der Waals surface area contributed by atoms with Crippen LogP contribution in [0, 0.1) is 10.1 Å². The summed E-state index contributed by atoms with van der Waals surface area (Å²) in [6, 6.07) is 4.34. The average molecular weight is 341 g/mol. The molecule has 0 spiro atoms. The number of H-pyrrole nitrogens is 1. The molecule has 8 nitrogen and oxygen atoms in total. The number of benzene rings is 1. The number of hydrogen-bond acceptors (Lipinski definition) is 5. The first-order valence-corrected chi connectivity index (χ1v) is 6.20. The lowest BCUT2D eigenvalue weighted by Crippen LogP contribution is -2.30. The van der Waals surface area contributed by atoms with Crippen molar-refractivity contribution in [3.63, 3.8) is 0 Å². The Hall–Kier alpha value is -2.42. The minimum Gasteiger partial charge on any atom is -0.393 e. The van der Waals surface area contributed by atoms with Crippen LogP contribution in [-0.4, -0.2) is 14.5 Å². The van der Waals surface area contributed by atoms with E-state index in [-0.39, 0.29) is 22.4 Å². The number of aromatic nitrogens is 2. The van der Waals surface area contributed by atoms with Gasteiger partial charge in [-0.3, -0.25) is 24.5 Å². The standard InChI is InChI=1S/C11H9BrN4O4/c12-7-5-15(11(18)14-10(7)17)4-6-2-1-3-8(9(6)13)16(19)20/h1-3,5H,4,13H2,(H,14,17,18). The van der Waals surface area contributed by atoms with Crippen LogP contribution < -0.4 is 17.0 Å². The number of hydrogen-bond donors (Lipinski definition) is 2. The Labute approximate surface area is 120 Å². The van der Waals surface area contributed by atoms with Gasteiger partial charge in [0.05, 0.1) is 15.9 Å². The van der Waals surface area contributed by atoms with E-state index in [4.69, 9.17) is 5.73 Å². The molecule has 2 rings (SSSR count). The predicted molar refractivity (Wildman–Crippen MR) is 75.6 cm³/mol. The van der Waals surface area contributed by atoms with Crippen molar-refractivity contribution in [1.82, 2.24) is 9.55 Å². The molecule has 0 amide bonds. The van der Waals surface area contributed by atoms with Gasteiger partial charge in [0.2, 0.25) is 0 Å². The Balaban J connectivity index is 2.48. The smallest absolute Gasteiger partial charge is 0.328 e. The molecule has 0 radical (unpaired) electrons. The van der Waals surface area contributed by atoms with Crippen LogP contribution >= 0.6 is 15.9 Å². The summed E-state index contributed by atoms with van der Waals surface area (Å²) in [5, 5.41) is 10.8. The highest BCUT2D eigenvalue weighted by atomic mass is 79.9. The van der Waals surface area contributed by atoms with Crippen molar-refractivity contribution in [2.45, 2.75) is 6.54 Å². The van der Waals surface area contributed by atoms with Gasteiger partial charge in [0, 0.05) is 17.8 Å². The molecule has 3 N–H and O–H groups in total. The molecule has 1 aromatic heterocycles. The van der Waals surface area contributed by atoms with Gasteiger partial charge in [0.1, 0.15) is 5.69 Å². The molecule has 0 aliphatic heterocycles. The van der Waals surface area contributed by atoms with E-state index in [2.05, 4.69) is 20.9 Å². The van der Waals surface area contributed by atoms with Crippen LogP contribution in [-0.2, 0) is 6.54 Å². The van der Waals surface area contributed by atoms with Crippen LogP contribution in [0.25, 0.3) is 0 Å². The Morgan fingerprint density at radius 2 is 2.10 bits per heavy atom. The summed E-state index contributed by atoms with van der Waals surface area (Å²) in [5.41, 5.74) is 4.73. The molecule has 1 heterocycles. The first-order chi connectivity index (χ1) is 9.40. The van der Waals surface area contributed by atoms with Gasteiger partial charge in [-0.15, -0.1) is 0 Å². The molecule has 0 saturated heterocycles. The fourth-order valence-electron chi connectivity index (χ4n) is 1.68. The number of para-hydroxylation sites is 1. The zero-order valence-electron chi connectivity index (χ0n) is 10.00. The van der Waals surface area contributed by atoms with E-state index in [1.165, 1.54) is 22.9 Å². The molecule has 2 aromatic rings. The molecular formula is C11H9BrN4O4. The second-order valence-electron chi connectivity index (χ2n) is 3.97. The summed E-state index contributed by atoms with van der Waals surface area (Å²) in [4.78, 5) is 35.2. The number of nitrogen functional groups attached to an aromatic ring is 1. The number of aromatic amines is 1. The highest BCUT2D eigenvalue weighted by Crippen LogP contribution is 2.25. The molecule has 0 fully saturated rings. The van der Waals surface area contributed by atoms with Crippen molar-refractivity contribution in [3.05, 3.63) is 65.4 Å². The third kappa shape index (κ3) is 2.62. The highest BCUT2D eigenvalue weighted by Gasteiger charge is 2.15. The maximum absolute atomic E-state index is 11.6. The first kappa shape index (κ1) is 14.0. The molecule has 0 unspecified atom stereocenters. The van der Waals surface area contributed by atoms with E-state index < -0.39 is 16.2 Å². The van der Waals surface area contributed by atoms with Crippen LogP contribution in [0.2, 0.25) is 0 Å². The molecule has 0 bridgehead atoms. The number of nitro groups is 1. The normalized spacial score (nSPS) is 10.4. The van der Waals surface area contributed by atoms with Crippen LogP contribution in [0.15, 0.2) is 38.5 Å².